The molecule has 0 amide bonds. The first kappa shape index (κ1) is 29.3. The quantitative estimate of drug-likeness (QED) is 0.116. The van der Waals surface area contributed by atoms with Gasteiger partial charge in [-0.15, -0.1) is 11.3 Å². The van der Waals surface area contributed by atoms with Crippen LogP contribution in [-0.4, -0.2) is 26.6 Å². The van der Waals surface area contributed by atoms with Crippen molar-refractivity contribution in [1.29, 1.82) is 0 Å². The van der Waals surface area contributed by atoms with E-state index in [1.165, 1.54) is 34.8 Å². The Morgan fingerprint density at radius 1 is 1.02 bits per heavy atom. The third-order valence-corrected chi connectivity index (χ3v) is 9.70. The van der Waals surface area contributed by atoms with E-state index in [-0.39, 0.29) is 17.9 Å². The lowest BCUT2D eigenvalue weighted by atomic mass is 9.97. The van der Waals surface area contributed by atoms with E-state index >= 15 is 0 Å². The number of fused-ring (bicyclic) bond motifs is 2. The highest BCUT2D eigenvalue weighted by Gasteiger charge is 2.35. The van der Waals surface area contributed by atoms with E-state index in [0.29, 0.717) is 27.1 Å². The van der Waals surface area contributed by atoms with E-state index in [2.05, 4.69) is 4.57 Å². The first-order chi connectivity index (χ1) is 22.4. The van der Waals surface area contributed by atoms with E-state index in [1.807, 2.05) is 84.4 Å². The fourth-order valence-electron chi connectivity index (χ4n) is 5.74. The number of nitro benzene ring substituents is 1. The summed E-state index contributed by atoms with van der Waals surface area (Å²) in [5.74, 6) is -0.507. The predicted molar refractivity (Wildman–Crippen MR) is 180 cm³/mol. The van der Waals surface area contributed by atoms with Crippen LogP contribution in [0.3, 0.4) is 0 Å². The fraction of sp³-hybridized carbons (Fsp3) is 0.114. The zero-order chi connectivity index (χ0) is 31.8. The molecule has 11 heteroatoms. The van der Waals surface area contributed by atoms with Gasteiger partial charge in [0.2, 0.25) is 0 Å². The Balaban J connectivity index is 1.40. The topological polar surface area (TPSA) is 109 Å². The normalized spacial score (nSPS) is 14.7. The van der Waals surface area contributed by atoms with Gasteiger partial charge in [-0.1, -0.05) is 78.1 Å². The number of hydrogen-bond acceptors (Lipinski definition) is 8. The molecule has 3 aromatic carbocycles. The zero-order valence-corrected chi connectivity index (χ0v) is 26.2. The predicted octanol–water partition coefficient (Wildman–Crippen LogP) is 5.91. The van der Waals surface area contributed by atoms with E-state index in [0.717, 1.165) is 32.5 Å². The number of ether oxygens (including phenoxy) is 1. The lowest BCUT2D eigenvalue weighted by Gasteiger charge is -2.24. The smallest absolute Gasteiger partial charge is 0.338 e. The average molecular weight is 647 g/mol. The van der Waals surface area contributed by atoms with Crippen LogP contribution < -0.4 is 14.9 Å². The molecule has 0 N–H and O–H groups in total. The molecule has 7 rings (SSSR count). The van der Waals surface area contributed by atoms with E-state index in [4.69, 9.17) is 9.73 Å². The Morgan fingerprint density at radius 2 is 1.78 bits per heavy atom. The van der Waals surface area contributed by atoms with Crippen molar-refractivity contribution >= 4 is 57.0 Å². The van der Waals surface area contributed by atoms with E-state index in [9.17, 15) is 19.7 Å². The minimum Gasteiger partial charge on any atom is -0.463 e. The molecule has 0 saturated heterocycles. The number of para-hydroxylation sites is 1. The summed E-state index contributed by atoms with van der Waals surface area (Å²) in [6.07, 6.45) is 3.86. The van der Waals surface area contributed by atoms with Gasteiger partial charge in [-0.25, -0.2) is 9.79 Å². The molecule has 0 spiro atoms. The van der Waals surface area contributed by atoms with Gasteiger partial charge in [0.15, 0.2) is 4.80 Å². The highest BCUT2D eigenvalue weighted by molar-refractivity contribution is 7.10. The summed E-state index contributed by atoms with van der Waals surface area (Å²) in [5.41, 5.74) is 4.10. The lowest BCUT2D eigenvalue weighted by molar-refractivity contribution is -0.384. The number of nitrogens with zero attached hydrogens (tertiary/aromatic N) is 4. The number of esters is 1. The van der Waals surface area contributed by atoms with Gasteiger partial charge in [0.1, 0.15) is 6.04 Å². The molecule has 46 heavy (non-hydrogen) atoms. The van der Waals surface area contributed by atoms with Crippen LogP contribution >= 0.6 is 22.7 Å². The Bertz CT molecular complexity index is 2320. The first-order valence-corrected chi connectivity index (χ1v) is 16.3. The van der Waals surface area contributed by atoms with Crippen molar-refractivity contribution in [2.45, 2.75) is 19.5 Å². The number of carbonyl (C=O) groups is 1. The SMILES string of the molecule is CCOC(=O)C1=C(c2ccccc2)N=c2s/c(=C\c3cn(Cc4ccc([N+](=O)[O-])cc4)c4ccccc34)c(=O)n2[C@H]1c1cccs1. The molecule has 9 nitrogen and oxygen atoms in total. The highest BCUT2D eigenvalue weighted by Crippen LogP contribution is 2.37. The Labute approximate surface area is 270 Å². The van der Waals surface area contributed by atoms with E-state index < -0.39 is 16.9 Å². The van der Waals surface area contributed by atoms with Crippen molar-refractivity contribution in [2.75, 3.05) is 6.61 Å². The van der Waals surface area contributed by atoms with Crippen LogP contribution in [0.4, 0.5) is 5.69 Å². The second-order valence-corrected chi connectivity index (χ2v) is 12.6. The van der Waals surface area contributed by atoms with Crippen LogP contribution in [0.15, 0.2) is 118 Å². The number of carbonyl (C=O) groups excluding carboxylic acids is 1. The summed E-state index contributed by atoms with van der Waals surface area (Å²) >= 11 is 2.75. The summed E-state index contributed by atoms with van der Waals surface area (Å²) in [4.78, 5) is 44.8. The minimum absolute atomic E-state index is 0.0413. The van der Waals surface area contributed by atoms with Crippen LogP contribution in [0.25, 0.3) is 22.7 Å². The Hall–Kier alpha value is -5.39. The molecule has 228 valence electrons. The van der Waals surface area contributed by atoms with Crippen molar-refractivity contribution in [2.24, 2.45) is 4.99 Å². The van der Waals surface area contributed by atoms with Gasteiger partial charge in [-0.2, -0.15) is 0 Å². The lowest BCUT2D eigenvalue weighted by Crippen LogP contribution is -2.39. The molecular formula is C35H26N4O5S2. The Morgan fingerprint density at radius 3 is 2.50 bits per heavy atom. The maximum Gasteiger partial charge on any atom is 0.338 e. The summed E-state index contributed by atoms with van der Waals surface area (Å²) in [5, 5.41) is 14.0. The van der Waals surface area contributed by atoms with Crippen molar-refractivity contribution in [3.8, 4) is 0 Å². The first-order valence-electron chi connectivity index (χ1n) is 14.6. The molecule has 0 bridgehead atoms. The second kappa shape index (κ2) is 12.2. The maximum absolute atomic E-state index is 14.3. The largest absolute Gasteiger partial charge is 0.463 e. The molecule has 1 atom stereocenters. The van der Waals surface area contributed by atoms with Gasteiger partial charge in [0.25, 0.3) is 11.2 Å². The minimum atomic E-state index is -0.698. The molecule has 1 aliphatic heterocycles. The zero-order valence-electron chi connectivity index (χ0n) is 24.5. The number of thiophene rings is 1. The molecule has 6 aromatic rings. The molecule has 4 heterocycles. The number of nitro groups is 1. The van der Waals surface area contributed by atoms with Gasteiger partial charge >= 0.3 is 5.97 Å². The standard InChI is InChI=1S/C35H26N4O5S2/c1-2-44-34(41)30-31(23-9-4-3-5-10-23)36-35-38(32(30)28-13-8-18-45-28)33(40)29(46-35)19-24-21-37(27-12-7-6-11-26(24)27)20-22-14-16-25(17-15-22)39(42)43/h3-19,21,32H,2,20H2,1H3/b29-19-/t32-/m0/s1. The third-order valence-electron chi connectivity index (χ3n) is 7.79. The van der Waals surface area contributed by atoms with Crippen molar-refractivity contribution in [1.82, 2.24) is 9.13 Å². The van der Waals surface area contributed by atoms with Crippen LogP contribution in [-0.2, 0) is 16.1 Å². The Kier molecular flexibility index (Phi) is 7.77. The van der Waals surface area contributed by atoms with Crippen LogP contribution in [0.1, 0.15) is 34.5 Å². The number of non-ortho nitro benzene ring substituents is 1. The summed E-state index contributed by atoms with van der Waals surface area (Å²) < 4.78 is 9.69. The molecule has 0 unspecified atom stereocenters. The average Bonchev–Trinajstić information content (AvgIpc) is 3.80. The monoisotopic (exact) mass is 646 g/mol. The van der Waals surface area contributed by atoms with Crippen molar-refractivity contribution in [3.63, 3.8) is 0 Å². The van der Waals surface area contributed by atoms with Crippen molar-refractivity contribution in [3.05, 3.63) is 160 Å². The molecular weight excluding hydrogens is 621 g/mol. The van der Waals surface area contributed by atoms with Crippen LogP contribution in [0.5, 0.6) is 0 Å². The number of thiazole rings is 1. The second-order valence-electron chi connectivity index (χ2n) is 10.6. The van der Waals surface area contributed by atoms with Crippen LogP contribution in [0.2, 0.25) is 0 Å². The van der Waals surface area contributed by atoms with Crippen LogP contribution in [0, 0.1) is 10.1 Å². The molecule has 1 aliphatic rings. The van der Waals surface area contributed by atoms with Gasteiger partial charge in [0.05, 0.1) is 27.3 Å². The van der Waals surface area contributed by atoms with Gasteiger partial charge < -0.3 is 9.30 Å². The summed E-state index contributed by atoms with van der Waals surface area (Å²) in [6.45, 7) is 2.44. The van der Waals surface area contributed by atoms with Gasteiger partial charge in [-0.05, 0) is 36.1 Å². The molecule has 3 aromatic heterocycles. The number of rotatable bonds is 8. The van der Waals surface area contributed by atoms with Gasteiger partial charge in [-0.3, -0.25) is 19.5 Å². The summed E-state index contributed by atoms with van der Waals surface area (Å²) in [7, 11) is 0. The number of aromatic nitrogens is 2. The fourth-order valence-corrected chi connectivity index (χ4v) is 7.55. The number of hydrogen-bond donors (Lipinski definition) is 0. The molecule has 0 aliphatic carbocycles. The van der Waals surface area contributed by atoms with Crippen molar-refractivity contribution < 1.29 is 14.5 Å². The summed E-state index contributed by atoms with van der Waals surface area (Å²) in [6, 6.07) is 27.0. The third kappa shape index (κ3) is 5.29. The van der Waals surface area contributed by atoms with Gasteiger partial charge in [0, 0.05) is 51.8 Å². The molecule has 0 saturated carbocycles. The number of benzene rings is 3. The maximum atomic E-state index is 14.3. The molecule has 0 fully saturated rings. The van der Waals surface area contributed by atoms with E-state index in [1.54, 1.807) is 23.6 Å². The highest BCUT2D eigenvalue weighted by atomic mass is 32.1. The molecule has 0 radical (unpaired) electrons.